The number of hydrogen-bond donors (Lipinski definition) is 1. The Bertz CT molecular complexity index is 1030. The van der Waals surface area contributed by atoms with Gasteiger partial charge in [0.05, 0.1) is 5.52 Å². The topological polar surface area (TPSA) is 41.0 Å². The van der Waals surface area contributed by atoms with Crippen LogP contribution < -0.4 is 5.32 Å². The largest absolute Gasteiger partial charge is 0.367 e. The van der Waals surface area contributed by atoms with E-state index in [1.165, 1.54) is 0 Å². The van der Waals surface area contributed by atoms with Gasteiger partial charge in [-0.2, -0.15) is 0 Å². The lowest BCUT2D eigenvalue weighted by Gasteiger charge is -2.20. The molecule has 0 aliphatic rings. The first-order valence-corrected chi connectivity index (χ1v) is 11.6. The molecule has 4 nitrogen and oxygen atoms in total. The van der Waals surface area contributed by atoms with Crippen LogP contribution in [0.2, 0.25) is 10.0 Å². The van der Waals surface area contributed by atoms with Crippen LogP contribution >= 0.6 is 23.2 Å². The van der Waals surface area contributed by atoms with Gasteiger partial charge in [-0.3, -0.25) is 0 Å². The standard InChI is InChI=1S/C25H30Cl2N4/c1-4-31(5-2)16-8-9-18(3)28-25-21-10-6-7-11-23(21)29-24(30-25)15-13-19-12-14-20(26)17-22(19)27/h6-7,10-15,17-18H,4-5,8-9,16H2,1-3H3,(H,28,29,30)/b15-13-/t18-/m0/s1. The number of rotatable bonds is 10. The van der Waals surface area contributed by atoms with Gasteiger partial charge in [0, 0.05) is 21.5 Å². The van der Waals surface area contributed by atoms with E-state index >= 15 is 0 Å². The van der Waals surface area contributed by atoms with Crippen molar-refractivity contribution in [3.05, 3.63) is 63.9 Å². The summed E-state index contributed by atoms with van der Waals surface area (Å²) < 4.78 is 0. The van der Waals surface area contributed by atoms with E-state index in [1.807, 2.05) is 42.5 Å². The third-order valence-corrected chi connectivity index (χ3v) is 5.95. The highest BCUT2D eigenvalue weighted by atomic mass is 35.5. The van der Waals surface area contributed by atoms with Crippen molar-refractivity contribution < 1.29 is 0 Å². The third kappa shape index (κ3) is 6.67. The number of hydrogen-bond acceptors (Lipinski definition) is 4. The lowest BCUT2D eigenvalue weighted by atomic mass is 10.1. The number of aromatic nitrogens is 2. The smallest absolute Gasteiger partial charge is 0.154 e. The summed E-state index contributed by atoms with van der Waals surface area (Å²) in [5, 5.41) is 5.85. The van der Waals surface area contributed by atoms with E-state index in [2.05, 4.69) is 37.1 Å². The number of para-hydroxylation sites is 1. The fraction of sp³-hybridized carbons (Fsp3) is 0.360. The van der Waals surface area contributed by atoms with Gasteiger partial charge in [-0.05, 0) is 81.4 Å². The first kappa shape index (κ1) is 23.5. The first-order chi connectivity index (χ1) is 15.0. The van der Waals surface area contributed by atoms with Crippen LogP contribution in [0.3, 0.4) is 0 Å². The van der Waals surface area contributed by atoms with Crippen LogP contribution in [-0.4, -0.2) is 40.5 Å². The molecule has 0 saturated carbocycles. The highest BCUT2D eigenvalue weighted by Gasteiger charge is 2.10. The molecule has 3 rings (SSSR count). The minimum absolute atomic E-state index is 0.316. The SMILES string of the molecule is CCN(CC)CCC[C@H](C)Nc1nc(/C=C\c2ccc(Cl)cc2Cl)nc2ccccc12. The second kappa shape index (κ2) is 11.5. The molecule has 6 heteroatoms. The molecule has 164 valence electrons. The fourth-order valence-corrected chi connectivity index (χ4v) is 4.02. The van der Waals surface area contributed by atoms with Crippen LogP contribution in [0.4, 0.5) is 5.82 Å². The molecule has 31 heavy (non-hydrogen) atoms. The van der Waals surface area contributed by atoms with Gasteiger partial charge < -0.3 is 10.2 Å². The Balaban J connectivity index is 1.78. The average molecular weight is 457 g/mol. The van der Waals surface area contributed by atoms with Gasteiger partial charge in [0.1, 0.15) is 5.82 Å². The second-order valence-electron chi connectivity index (χ2n) is 7.66. The predicted molar refractivity (Wildman–Crippen MR) is 135 cm³/mol. The van der Waals surface area contributed by atoms with E-state index in [-0.39, 0.29) is 0 Å². The molecule has 0 aliphatic carbocycles. The maximum absolute atomic E-state index is 6.29. The van der Waals surface area contributed by atoms with Gasteiger partial charge in [-0.25, -0.2) is 9.97 Å². The van der Waals surface area contributed by atoms with Gasteiger partial charge in [0.2, 0.25) is 0 Å². The number of nitrogens with zero attached hydrogens (tertiary/aromatic N) is 3. The Labute approximate surface area is 195 Å². The number of benzene rings is 2. The molecule has 2 aromatic carbocycles. The summed E-state index contributed by atoms with van der Waals surface area (Å²) in [4.78, 5) is 11.9. The molecule has 1 N–H and O–H groups in total. The molecule has 0 unspecified atom stereocenters. The zero-order chi connectivity index (χ0) is 22.2. The Morgan fingerprint density at radius 3 is 2.55 bits per heavy atom. The van der Waals surface area contributed by atoms with Gasteiger partial charge >= 0.3 is 0 Å². The molecule has 0 spiro atoms. The fourth-order valence-electron chi connectivity index (χ4n) is 3.55. The average Bonchev–Trinajstić information content (AvgIpc) is 2.76. The summed E-state index contributed by atoms with van der Waals surface area (Å²) in [5.74, 6) is 1.50. The number of nitrogens with one attached hydrogen (secondary N) is 1. The van der Waals surface area contributed by atoms with Crippen LogP contribution in [0.15, 0.2) is 42.5 Å². The summed E-state index contributed by atoms with van der Waals surface area (Å²) in [6, 6.07) is 13.8. The van der Waals surface area contributed by atoms with Crippen LogP contribution in [0.25, 0.3) is 23.1 Å². The predicted octanol–water partition coefficient (Wildman–Crippen LogP) is 7.03. The lowest BCUT2D eigenvalue weighted by Crippen LogP contribution is -2.25. The van der Waals surface area contributed by atoms with E-state index in [0.717, 1.165) is 54.8 Å². The van der Waals surface area contributed by atoms with E-state index in [0.29, 0.717) is 21.9 Å². The van der Waals surface area contributed by atoms with Crippen molar-refractivity contribution in [1.82, 2.24) is 14.9 Å². The Morgan fingerprint density at radius 2 is 1.81 bits per heavy atom. The second-order valence-corrected chi connectivity index (χ2v) is 8.50. The van der Waals surface area contributed by atoms with Crippen LogP contribution in [0, 0.1) is 0 Å². The van der Waals surface area contributed by atoms with Crippen molar-refractivity contribution >= 4 is 52.1 Å². The molecule has 0 aliphatic heterocycles. The molecule has 0 saturated heterocycles. The molecule has 1 heterocycles. The van der Waals surface area contributed by atoms with Crippen molar-refractivity contribution in [3.8, 4) is 0 Å². The first-order valence-electron chi connectivity index (χ1n) is 10.9. The minimum Gasteiger partial charge on any atom is -0.367 e. The van der Waals surface area contributed by atoms with Crippen LogP contribution in [-0.2, 0) is 0 Å². The van der Waals surface area contributed by atoms with Crippen LogP contribution in [0.5, 0.6) is 0 Å². The van der Waals surface area contributed by atoms with E-state index in [4.69, 9.17) is 33.2 Å². The molecular weight excluding hydrogens is 427 g/mol. The maximum atomic E-state index is 6.29. The Hall–Kier alpha value is -2.14. The molecule has 3 aromatic rings. The molecule has 1 aromatic heterocycles. The summed E-state index contributed by atoms with van der Waals surface area (Å²) in [6.07, 6.45) is 6.04. The summed E-state index contributed by atoms with van der Waals surface area (Å²) in [7, 11) is 0. The van der Waals surface area contributed by atoms with E-state index < -0.39 is 0 Å². The molecular formula is C25H30Cl2N4. The van der Waals surface area contributed by atoms with Gasteiger partial charge in [-0.1, -0.05) is 55.2 Å². The molecule has 0 radical (unpaired) electrons. The highest BCUT2D eigenvalue weighted by Crippen LogP contribution is 2.25. The lowest BCUT2D eigenvalue weighted by molar-refractivity contribution is 0.295. The monoisotopic (exact) mass is 456 g/mol. The van der Waals surface area contributed by atoms with Crippen LogP contribution in [0.1, 0.15) is 45.0 Å². The van der Waals surface area contributed by atoms with E-state index in [9.17, 15) is 0 Å². The van der Waals surface area contributed by atoms with Crippen molar-refractivity contribution in [2.75, 3.05) is 25.0 Å². The van der Waals surface area contributed by atoms with Crippen molar-refractivity contribution in [1.29, 1.82) is 0 Å². The summed E-state index contributed by atoms with van der Waals surface area (Å²) in [6.45, 7) is 9.96. The van der Waals surface area contributed by atoms with Gasteiger partial charge in [0.25, 0.3) is 0 Å². The number of anilines is 1. The summed E-state index contributed by atoms with van der Waals surface area (Å²) >= 11 is 12.3. The molecule has 0 fully saturated rings. The summed E-state index contributed by atoms with van der Waals surface area (Å²) in [5.41, 5.74) is 1.79. The quantitative estimate of drug-likeness (QED) is 0.355. The Kier molecular flexibility index (Phi) is 8.70. The van der Waals surface area contributed by atoms with Gasteiger partial charge in [-0.15, -0.1) is 0 Å². The zero-order valence-electron chi connectivity index (χ0n) is 18.4. The Morgan fingerprint density at radius 1 is 1.03 bits per heavy atom. The normalized spacial score (nSPS) is 12.7. The molecule has 1 atom stereocenters. The van der Waals surface area contributed by atoms with Gasteiger partial charge in [0.15, 0.2) is 5.82 Å². The number of fused-ring (bicyclic) bond motifs is 1. The van der Waals surface area contributed by atoms with Crippen molar-refractivity contribution in [2.24, 2.45) is 0 Å². The van der Waals surface area contributed by atoms with Crippen molar-refractivity contribution in [2.45, 2.75) is 39.7 Å². The third-order valence-electron chi connectivity index (χ3n) is 5.38. The highest BCUT2D eigenvalue weighted by molar-refractivity contribution is 6.35. The minimum atomic E-state index is 0.316. The maximum Gasteiger partial charge on any atom is 0.154 e. The molecule has 0 bridgehead atoms. The zero-order valence-corrected chi connectivity index (χ0v) is 19.9. The number of halogens is 2. The molecule has 0 amide bonds. The van der Waals surface area contributed by atoms with E-state index in [1.54, 1.807) is 6.07 Å². The van der Waals surface area contributed by atoms with Crippen molar-refractivity contribution in [3.63, 3.8) is 0 Å².